The number of anilines is 1. The van der Waals surface area contributed by atoms with Crippen LogP contribution in [0.4, 0.5) is 10.5 Å². The van der Waals surface area contributed by atoms with Crippen molar-refractivity contribution >= 4 is 41.1 Å². The fourth-order valence-corrected chi connectivity index (χ4v) is 3.37. The van der Waals surface area contributed by atoms with Gasteiger partial charge in [-0.25, -0.2) is 4.79 Å². The van der Waals surface area contributed by atoms with Crippen LogP contribution in [0.25, 0.3) is 10.9 Å². The van der Waals surface area contributed by atoms with E-state index in [-0.39, 0.29) is 12.3 Å². The topological polar surface area (TPSA) is 85.7 Å². The van der Waals surface area contributed by atoms with Crippen molar-refractivity contribution in [2.75, 3.05) is 11.4 Å². The normalized spacial score (nSPS) is 21.8. The van der Waals surface area contributed by atoms with Crippen molar-refractivity contribution in [3.63, 3.8) is 0 Å². The number of carbonyl (C=O) groups is 2. The summed E-state index contributed by atoms with van der Waals surface area (Å²) in [6, 6.07) is 3.40. The predicted molar refractivity (Wildman–Crippen MR) is 102 cm³/mol. The molecule has 0 radical (unpaired) electrons. The molecular formula is C18H23BN4O4. The molecule has 8 nitrogen and oxygen atoms in total. The molecule has 1 N–H and O–H groups in total. The fraction of sp³-hybridized carbons (Fsp3) is 0.500. The zero-order valence-electron chi connectivity index (χ0n) is 16.2. The summed E-state index contributed by atoms with van der Waals surface area (Å²) in [7, 11) is 1.28. The molecular weight excluding hydrogens is 347 g/mol. The van der Waals surface area contributed by atoms with Gasteiger partial charge in [0, 0.05) is 31.6 Å². The largest absolute Gasteiger partial charge is 0.494 e. The average molecular weight is 370 g/mol. The number of aromatic nitrogens is 2. The predicted octanol–water partition coefficient (Wildman–Crippen LogP) is 1.32. The van der Waals surface area contributed by atoms with Crippen LogP contribution in [0, 0.1) is 0 Å². The summed E-state index contributed by atoms with van der Waals surface area (Å²) in [6.45, 7) is 8.31. The lowest BCUT2D eigenvalue weighted by Crippen LogP contribution is -2.50. The molecule has 0 saturated carbocycles. The van der Waals surface area contributed by atoms with Gasteiger partial charge >= 0.3 is 13.1 Å². The second-order valence-corrected chi connectivity index (χ2v) is 8.12. The Kier molecular flexibility index (Phi) is 3.87. The molecule has 0 unspecified atom stereocenters. The maximum atomic E-state index is 12.4. The minimum Gasteiger partial charge on any atom is -0.399 e. The molecule has 3 amide bonds. The number of imide groups is 1. The van der Waals surface area contributed by atoms with E-state index in [1.54, 1.807) is 9.58 Å². The Morgan fingerprint density at radius 1 is 1.15 bits per heavy atom. The lowest BCUT2D eigenvalue weighted by Gasteiger charge is -2.32. The average Bonchev–Trinajstić information content (AvgIpc) is 3.02. The molecule has 2 aromatic rings. The van der Waals surface area contributed by atoms with Gasteiger partial charge in [-0.1, -0.05) is 6.07 Å². The molecule has 9 heteroatoms. The number of amides is 3. The van der Waals surface area contributed by atoms with Crippen LogP contribution in [0.1, 0.15) is 34.1 Å². The van der Waals surface area contributed by atoms with Gasteiger partial charge in [0.1, 0.15) is 5.52 Å². The Bertz CT molecular complexity index is 936. The number of fused-ring (bicyclic) bond motifs is 1. The highest BCUT2D eigenvalue weighted by atomic mass is 16.7. The minimum absolute atomic E-state index is 0.251. The number of nitrogens with one attached hydrogen (secondary N) is 1. The number of hydrogen-bond donors (Lipinski definition) is 1. The standard InChI is InChI=1S/C18H23BN4O4/c1-17(2)18(3,4)27-19(26-17)12-8-11-10-22(5)21-15(11)13(9-12)23-7-6-14(24)20-16(23)25/h8-10H,6-7H2,1-5H3,(H,20,24,25). The number of urea groups is 1. The number of benzene rings is 1. The molecule has 0 aliphatic carbocycles. The summed E-state index contributed by atoms with van der Waals surface area (Å²) in [4.78, 5) is 25.5. The van der Waals surface area contributed by atoms with Crippen LogP contribution < -0.4 is 15.7 Å². The molecule has 142 valence electrons. The first kappa shape index (κ1) is 18.0. The second-order valence-electron chi connectivity index (χ2n) is 8.12. The number of aryl methyl sites for hydroxylation is 1. The van der Waals surface area contributed by atoms with Crippen molar-refractivity contribution in [2.24, 2.45) is 7.05 Å². The highest BCUT2D eigenvalue weighted by molar-refractivity contribution is 6.62. The van der Waals surface area contributed by atoms with Crippen molar-refractivity contribution in [1.29, 1.82) is 0 Å². The van der Waals surface area contributed by atoms with Gasteiger partial charge in [-0.3, -0.25) is 19.7 Å². The zero-order chi connectivity index (χ0) is 19.6. The third-order valence-electron chi connectivity index (χ3n) is 5.60. The Morgan fingerprint density at radius 3 is 2.44 bits per heavy atom. The van der Waals surface area contributed by atoms with Gasteiger partial charge in [0.05, 0.1) is 16.9 Å². The molecule has 0 atom stereocenters. The number of nitrogens with zero attached hydrogens (tertiary/aromatic N) is 3. The molecule has 0 bridgehead atoms. The van der Waals surface area contributed by atoms with Gasteiger partial charge in [0.2, 0.25) is 5.91 Å². The Hall–Kier alpha value is -2.39. The quantitative estimate of drug-likeness (QED) is 0.806. The molecule has 1 aromatic carbocycles. The van der Waals surface area contributed by atoms with Crippen LogP contribution in [-0.2, 0) is 21.2 Å². The molecule has 2 fully saturated rings. The van der Waals surface area contributed by atoms with Crippen LogP contribution in [0.3, 0.4) is 0 Å². The van der Waals surface area contributed by atoms with Gasteiger partial charge in [0.15, 0.2) is 0 Å². The van der Waals surface area contributed by atoms with E-state index in [2.05, 4.69) is 10.4 Å². The molecule has 2 aliphatic heterocycles. The van der Waals surface area contributed by atoms with Crippen molar-refractivity contribution in [1.82, 2.24) is 15.1 Å². The van der Waals surface area contributed by atoms with Gasteiger partial charge in [-0.05, 0) is 39.2 Å². The molecule has 3 heterocycles. The number of hydrogen-bond acceptors (Lipinski definition) is 5. The van der Waals surface area contributed by atoms with Gasteiger partial charge < -0.3 is 9.31 Å². The Balaban J connectivity index is 1.80. The highest BCUT2D eigenvalue weighted by Crippen LogP contribution is 2.37. The van der Waals surface area contributed by atoms with Crippen LogP contribution in [0.2, 0.25) is 0 Å². The lowest BCUT2D eigenvalue weighted by atomic mass is 9.78. The molecule has 2 saturated heterocycles. The zero-order valence-corrected chi connectivity index (χ0v) is 16.2. The Morgan fingerprint density at radius 2 is 1.81 bits per heavy atom. The van der Waals surface area contributed by atoms with Crippen LogP contribution in [0.15, 0.2) is 18.3 Å². The molecule has 2 aliphatic rings. The van der Waals surface area contributed by atoms with Crippen molar-refractivity contribution in [2.45, 2.75) is 45.3 Å². The summed E-state index contributed by atoms with van der Waals surface area (Å²) in [5, 5.41) is 7.74. The fourth-order valence-electron chi connectivity index (χ4n) is 3.37. The monoisotopic (exact) mass is 370 g/mol. The third kappa shape index (κ3) is 2.91. The number of carbonyl (C=O) groups excluding carboxylic acids is 2. The first-order valence-electron chi connectivity index (χ1n) is 9.02. The van der Waals surface area contributed by atoms with E-state index in [0.29, 0.717) is 17.7 Å². The van der Waals surface area contributed by atoms with Gasteiger partial charge in [0.25, 0.3) is 0 Å². The lowest BCUT2D eigenvalue weighted by molar-refractivity contribution is -0.120. The first-order valence-corrected chi connectivity index (χ1v) is 9.02. The van der Waals surface area contributed by atoms with Crippen LogP contribution in [-0.4, -0.2) is 46.6 Å². The Labute approximate surface area is 157 Å². The first-order chi connectivity index (χ1) is 12.6. The van der Waals surface area contributed by atoms with Gasteiger partial charge in [-0.2, -0.15) is 5.10 Å². The smallest absolute Gasteiger partial charge is 0.399 e. The van der Waals surface area contributed by atoms with Crippen molar-refractivity contribution < 1.29 is 18.9 Å². The summed E-state index contributed by atoms with van der Waals surface area (Å²) in [5.41, 5.74) is 1.23. The van der Waals surface area contributed by atoms with E-state index in [0.717, 1.165) is 10.8 Å². The van der Waals surface area contributed by atoms with Crippen LogP contribution >= 0.6 is 0 Å². The molecule has 4 rings (SSSR count). The third-order valence-corrected chi connectivity index (χ3v) is 5.60. The summed E-state index contributed by atoms with van der Waals surface area (Å²) in [6.07, 6.45) is 2.14. The van der Waals surface area contributed by atoms with Crippen molar-refractivity contribution in [3.8, 4) is 0 Å². The summed E-state index contributed by atoms with van der Waals surface area (Å²) >= 11 is 0. The molecule has 1 aromatic heterocycles. The highest BCUT2D eigenvalue weighted by Gasteiger charge is 2.52. The van der Waals surface area contributed by atoms with E-state index in [4.69, 9.17) is 9.31 Å². The SMILES string of the molecule is Cn1cc2cc(B3OC(C)(C)C(C)(C)O3)cc(N3CCC(=O)NC3=O)c2n1. The minimum atomic E-state index is -0.548. The summed E-state index contributed by atoms with van der Waals surface area (Å²) < 4.78 is 14.0. The maximum absolute atomic E-state index is 12.4. The van der Waals surface area contributed by atoms with Crippen molar-refractivity contribution in [3.05, 3.63) is 18.3 Å². The summed E-state index contributed by atoms with van der Waals surface area (Å²) in [5.74, 6) is -0.268. The van der Waals surface area contributed by atoms with Gasteiger partial charge in [-0.15, -0.1) is 0 Å². The van der Waals surface area contributed by atoms with E-state index in [1.807, 2.05) is 53.1 Å². The molecule has 27 heavy (non-hydrogen) atoms. The van der Waals surface area contributed by atoms with E-state index >= 15 is 0 Å². The number of rotatable bonds is 2. The van der Waals surface area contributed by atoms with E-state index < -0.39 is 24.4 Å². The van der Waals surface area contributed by atoms with E-state index in [1.165, 1.54) is 0 Å². The second kappa shape index (κ2) is 5.80. The van der Waals surface area contributed by atoms with Crippen LogP contribution in [0.5, 0.6) is 0 Å². The van der Waals surface area contributed by atoms with E-state index in [9.17, 15) is 9.59 Å². The maximum Gasteiger partial charge on any atom is 0.494 e. The molecule has 0 spiro atoms.